The molecule has 0 fully saturated rings. The molecular weight excluding hydrogens is 429 g/mol. The molecule has 3 aromatic rings. The Morgan fingerprint density at radius 1 is 1.03 bits per heavy atom. The molecule has 1 aromatic heterocycles. The number of fused-ring (bicyclic) bond motifs is 1. The highest BCUT2D eigenvalue weighted by Crippen LogP contribution is 2.29. The van der Waals surface area contributed by atoms with Crippen molar-refractivity contribution >= 4 is 29.1 Å². The normalized spacial score (nSPS) is 13.4. The number of carbonyl (C=O) groups is 3. The zero-order chi connectivity index (χ0) is 22.9. The van der Waals surface area contributed by atoms with Gasteiger partial charge < -0.3 is 10.1 Å². The number of hydrogen-bond acceptors (Lipinski definition) is 5. The summed E-state index contributed by atoms with van der Waals surface area (Å²) in [7, 11) is 0. The Kier molecular flexibility index (Phi) is 5.49. The van der Waals surface area contributed by atoms with E-state index in [1.54, 1.807) is 24.3 Å². The lowest BCUT2D eigenvalue weighted by atomic mass is 10.1. The first-order chi connectivity index (χ1) is 15.2. The van der Waals surface area contributed by atoms with Gasteiger partial charge >= 0.3 is 6.18 Å². The van der Waals surface area contributed by atoms with E-state index in [0.29, 0.717) is 0 Å². The monoisotopic (exact) mass is 444 g/mol. The van der Waals surface area contributed by atoms with Gasteiger partial charge in [-0.15, -0.1) is 0 Å². The van der Waals surface area contributed by atoms with E-state index in [4.69, 9.17) is 0 Å². The highest BCUT2D eigenvalue weighted by atomic mass is 19.4. The summed E-state index contributed by atoms with van der Waals surface area (Å²) in [5.41, 5.74) is 1.21. The molecule has 2 heterocycles. The maximum absolute atomic E-state index is 12.6. The molecule has 0 aliphatic carbocycles. The number of rotatable bonds is 6. The lowest BCUT2D eigenvalue weighted by Gasteiger charge is -2.15. The minimum Gasteiger partial charge on any atom is -0.350 e. The number of nitrogens with zero attached hydrogens (tertiary/aromatic N) is 3. The van der Waals surface area contributed by atoms with Crippen LogP contribution in [-0.4, -0.2) is 40.3 Å². The van der Waals surface area contributed by atoms with Crippen molar-refractivity contribution in [1.82, 2.24) is 9.78 Å². The van der Waals surface area contributed by atoms with E-state index in [2.05, 4.69) is 15.2 Å². The van der Waals surface area contributed by atoms with Crippen molar-refractivity contribution in [1.29, 1.82) is 0 Å². The minimum atomic E-state index is -4.45. The molecule has 8 nitrogen and oxygen atoms in total. The molecule has 1 aliphatic heterocycles. The summed E-state index contributed by atoms with van der Waals surface area (Å²) in [5.74, 6) is -1.52. The Balaban J connectivity index is 1.45. The Morgan fingerprint density at radius 2 is 1.72 bits per heavy atom. The number of aromatic nitrogens is 2. The van der Waals surface area contributed by atoms with Gasteiger partial charge in [-0.2, -0.15) is 18.3 Å². The molecular formula is C21H15F3N4O4. The van der Waals surface area contributed by atoms with Crippen LogP contribution in [0.25, 0.3) is 0 Å². The third-order valence-electron chi connectivity index (χ3n) is 4.54. The molecule has 164 valence electrons. The van der Waals surface area contributed by atoms with Gasteiger partial charge in [0.25, 0.3) is 17.7 Å². The van der Waals surface area contributed by atoms with E-state index in [1.807, 2.05) is 0 Å². The van der Waals surface area contributed by atoms with E-state index >= 15 is 0 Å². The molecule has 3 amide bonds. The molecule has 0 bridgehead atoms. The molecule has 0 spiro atoms. The summed E-state index contributed by atoms with van der Waals surface area (Å²) in [6.07, 6.45) is -1.89. The predicted octanol–water partition coefficient (Wildman–Crippen LogP) is 3.47. The fraction of sp³-hybridized carbons (Fsp3) is 0.143. The predicted molar refractivity (Wildman–Crippen MR) is 106 cm³/mol. The number of ether oxygens (including phenoxy) is 1. The van der Waals surface area contributed by atoms with Crippen molar-refractivity contribution in [2.24, 2.45) is 0 Å². The van der Waals surface area contributed by atoms with Crippen LogP contribution in [0.1, 0.15) is 31.1 Å². The maximum Gasteiger partial charge on any atom is 0.411 e. The lowest BCUT2D eigenvalue weighted by molar-refractivity contribution is -0.182. The Hall–Kier alpha value is -3.99. The number of imide groups is 1. The van der Waals surface area contributed by atoms with Crippen molar-refractivity contribution in [3.8, 4) is 0 Å². The highest BCUT2D eigenvalue weighted by molar-refractivity contribution is 6.34. The van der Waals surface area contributed by atoms with E-state index in [0.717, 1.165) is 9.58 Å². The first kappa shape index (κ1) is 21.2. The number of amides is 3. The molecule has 0 radical (unpaired) electrons. The summed E-state index contributed by atoms with van der Waals surface area (Å²) in [4.78, 5) is 38.9. The molecule has 0 saturated heterocycles. The van der Waals surface area contributed by atoms with E-state index < -0.39 is 37.2 Å². The van der Waals surface area contributed by atoms with Gasteiger partial charge in [-0.1, -0.05) is 18.2 Å². The number of hydrogen-bond donors (Lipinski definition) is 1. The lowest BCUT2D eigenvalue weighted by Crippen LogP contribution is -2.29. The van der Waals surface area contributed by atoms with Crippen LogP contribution in [0.3, 0.4) is 0 Å². The van der Waals surface area contributed by atoms with Gasteiger partial charge in [0.05, 0.1) is 34.9 Å². The first-order valence-corrected chi connectivity index (χ1v) is 9.29. The van der Waals surface area contributed by atoms with Gasteiger partial charge in [0.2, 0.25) is 0 Å². The average Bonchev–Trinajstić information content (AvgIpc) is 3.29. The molecule has 2 aromatic carbocycles. The SMILES string of the molecule is O=C(Nc1cnn(COCC(F)(F)F)c1)c1cccc(N2C(=O)c3ccccc3C2=O)c1. The number of benzene rings is 2. The van der Waals surface area contributed by atoms with Crippen LogP contribution in [-0.2, 0) is 11.5 Å². The van der Waals surface area contributed by atoms with Crippen LogP contribution in [0, 0.1) is 0 Å². The van der Waals surface area contributed by atoms with Crippen LogP contribution in [0.15, 0.2) is 60.9 Å². The second-order valence-corrected chi connectivity index (χ2v) is 6.86. The molecule has 0 unspecified atom stereocenters. The Labute approximate surface area is 179 Å². The molecule has 11 heteroatoms. The summed E-state index contributed by atoms with van der Waals surface area (Å²) in [5, 5.41) is 6.37. The van der Waals surface area contributed by atoms with Crippen LogP contribution < -0.4 is 10.2 Å². The zero-order valence-electron chi connectivity index (χ0n) is 16.3. The zero-order valence-corrected chi connectivity index (χ0v) is 16.3. The summed E-state index contributed by atoms with van der Waals surface area (Å²) in [6, 6.07) is 12.4. The van der Waals surface area contributed by atoms with E-state index in [9.17, 15) is 27.6 Å². The van der Waals surface area contributed by atoms with Gasteiger partial charge in [0.15, 0.2) is 0 Å². The number of anilines is 2. The largest absolute Gasteiger partial charge is 0.411 e. The van der Waals surface area contributed by atoms with Gasteiger partial charge in [-0.3, -0.25) is 14.4 Å². The fourth-order valence-corrected chi connectivity index (χ4v) is 3.17. The van der Waals surface area contributed by atoms with Crippen molar-refractivity contribution < 1.29 is 32.3 Å². The van der Waals surface area contributed by atoms with Gasteiger partial charge in [-0.25, -0.2) is 9.58 Å². The van der Waals surface area contributed by atoms with Crippen molar-refractivity contribution in [3.05, 3.63) is 77.6 Å². The van der Waals surface area contributed by atoms with Gasteiger partial charge in [-0.05, 0) is 30.3 Å². The Morgan fingerprint density at radius 3 is 2.38 bits per heavy atom. The van der Waals surface area contributed by atoms with E-state index in [1.165, 1.54) is 36.7 Å². The number of carbonyl (C=O) groups excluding carboxylic acids is 3. The maximum atomic E-state index is 12.6. The second kappa shape index (κ2) is 8.27. The van der Waals surface area contributed by atoms with Gasteiger partial charge in [0.1, 0.15) is 13.3 Å². The Bertz CT molecular complexity index is 1170. The second-order valence-electron chi connectivity index (χ2n) is 6.86. The molecule has 0 atom stereocenters. The third-order valence-corrected chi connectivity index (χ3v) is 4.54. The smallest absolute Gasteiger partial charge is 0.350 e. The molecule has 0 saturated carbocycles. The highest BCUT2D eigenvalue weighted by Gasteiger charge is 2.36. The summed E-state index contributed by atoms with van der Waals surface area (Å²) >= 11 is 0. The summed E-state index contributed by atoms with van der Waals surface area (Å²) < 4.78 is 42.0. The van der Waals surface area contributed by atoms with Crippen molar-refractivity contribution in [2.75, 3.05) is 16.8 Å². The number of halogens is 3. The van der Waals surface area contributed by atoms with Crippen LogP contribution in [0.5, 0.6) is 0 Å². The molecule has 4 rings (SSSR count). The molecule has 1 N–H and O–H groups in total. The van der Waals surface area contributed by atoms with Crippen LogP contribution in [0.4, 0.5) is 24.5 Å². The first-order valence-electron chi connectivity index (χ1n) is 9.29. The average molecular weight is 444 g/mol. The minimum absolute atomic E-state index is 0.167. The quantitative estimate of drug-likeness (QED) is 0.588. The van der Waals surface area contributed by atoms with Gasteiger partial charge in [0, 0.05) is 5.56 Å². The van der Waals surface area contributed by atoms with Crippen LogP contribution >= 0.6 is 0 Å². The van der Waals surface area contributed by atoms with Crippen molar-refractivity contribution in [3.63, 3.8) is 0 Å². The standard InChI is InChI=1S/C21H15F3N4O4/c22-21(23,24)11-32-12-27-10-14(9-25-27)26-18(29)13-4-3-5-15(8-13)28-19(30)16-6-1-2-7-17(16)20(28)31/h1-10H,11-12H2,(H,26,29). The van der Waals surface area contributed by atoms with E-state index in [-0.39, 0.29) is 28.1 Å². The third kappa shape index (κ3) is 4.37. The number of alkyl halides is 3. The summed E-state index contributed by atoms with van der Waals surface area (Å²) in [6.45, 7) is -1.86. The molecule has 1 aliphatic rings. The number of nitrogens with one attached hydrogen (secondary N) is 1. The fourth-order valence-electron chi connectivity index (χ4n) is 3.17. The van der Waals surface area contributed by atoms with Crippen LogP contribution in [0.2, 0.25) is 0 Å². The molecule has 32 heavy (non-hydrogen) atoms. The van der Waals surface area contributed by atoms with Crippen molar-refractivity contribution in [2.45, 2.75) is 12.9 Å². The topological polar surface area (TPSA) is 93.5 Å².